The van der Waals surface area contributed by atoms with Gasteiger partial charge in [-0.3, -0.25) is 4.98 Å². The standard InChI is InChI=1S/C8H8BN/c1-3-7-4-8(9)5-10-6(7)2/h1,4-5H,9H2,2H3. The van der Waals surface area contributed by atoms with Crippen LogP contribution in [0.15, 0.2) is 12.3 Å². The molecule has 0 aliphatic carbocycles. The molecule has 1 aromatic rings. The van der Waals surface area contributed by atoms with Crippen LogP contribution in [0.1, 0.15) is 11.3 Å². The van der Waals surface area contributed by atoms with Crippen LogP contribution >= 0.6 is 0 Å². The van der Waals surface area contributed by atoms with Crippen molar-refractivity contribution < 1.29 is 0 Å². The summed E-state index contributed by atoms with van der Waals surface area (Å²) in [4.78, 5) is 4.11. The van der Waals surface area contributed by atoms with Gasteiger partial charge in [-0.25, -0.2) is 0 Å². The zero-order valence-electron chi connectivity index (χ0n) is 6.18. The average molecular weight is 129 g/mol. The first kappa shape index (κ1) is 6.89. The Morgan fingerprint density at radius 3 is 2.90 bits per heavy atom. The molecular formula is C8H8BN. The molecule has 1 nitrogen and oxygen atoms in total. The Morgan fingerprint density at radius 1 is 1.70 bits per heavy atom. The molecule has 1 rings (SSSR count). The minimum Gasteiger partial charge on any atom is -0.261 e. The Kier molecular flexibility index (Phi) is 1.77. The van der Waals surface area contributed by atoms with E-state index in [-0.39, 0.29) is 0 Å². The van der Waals surface area contributed by atoms with E-state index >= 15 is 0 Å². The summed E-state index contributed by atoms with van der Waals surface area (Å²) in [6.45, 7) is 1.91. The molecule has 2 heteroatoms. The highest BCUT2D eigenvalue weighted by Gasteiger charge is 1.93. The van der Waals surface area contributed by atoms with E-state index in [0.29, 0.717) is 0 Å². The van der Waals surface area contributed by atoms with Crippen LogP contribution in [0.25, 0.3) is 0 Å². The molecule has 1 heterocycles. The van der Waals surface area contributed by atoms with Crippen molar-refractivity contribution in [1.29, 1.82) is 0 Å². The van der Waals surface area contributed by atoms with Crippen molar-refractivity contribution in [3.05, 3.63) is 23.5 Å². The maximum Gasteiger partial charge on any atom is 0.141 e. The molecular weight excluding hydrogens is 121 g/mol. The van der Waals surface area contributed by atoms with E-state index in [9.17, 15) is 0 Å². The highest BCUT2D eigenvalue weighted by atomic mass is 14.7. The van der Waals surface area contributed by atoms with Crippen LogP contribution in [-0.4, -0.2) is 12.8 Å². The average Bonchev–Trinajstić information content (AvgIpc) is 1.94. The van der Waals surface area contributed by atoms with Crippen molar-refractivity contribution >= 4 is 13.3 Å². The van der Waals surface area contributed by atoms with E-state index in [1.807, 2.05) is 27.0 Å². The predicted molar refractivity (Wildman–Crippen MR) is 45.1 cm³/mol. The molecule has 0 aromatic carbocycles. The van der Waals surface area contributed by atoms with Crippen LogP contribution in [0.3, 0.4) is 0 Å². The van der Waals surface area contributed by atoms with Crippen LogP contribution < -0.4 is 5.46 Å². The molecule has 10 heavy (non-hydrogen) atoms. The lowest BCUT2D eigenvalue weighted by atomic mass is 9.96. The Hall–Kier alpha value is -1.23. The first-order valence-electron chi connectivity index (χ1n) is 3.14. The number of hydrogen-bond donors (Lipinski definition) is 0. The molecule has 0 spiro atoms. The Morgan fingerprint density at radius 2 is 2.40 bits per heavy atom. The second-order valence-electron chi connectivity index (χ2n) is 2.29. The fourth-order valence-corrected chi connectivity index (χ4v) is 0.784. The fourth-order valence-electron chi connectivity index (χ4n) is 0.784. The van der Waals surface area contributed by atoms with Gasteiger partial charge in [0.25, 0.3) is 0 Å². The van der Waals surface area contributed by atoms with Gasteiger partial charge in [0.15, 0.2) is 0 Å². The SMILES string of the molecule is Bc1cnc(C)c(C#C)c1. The van der Waals surface area contributed by atoms with Crippen molar-refractivity contribution in [1.82, 2.24) is 4.98 Å². The molecule has 0 aliphatic heterocycles. The van der Waals surface area contributed by atoms with Crippen molar-refractivity contribution in [3.63, 3.8) is 0 Å². The molecule has 0 unspecified atom stereocenters. The first-order valence-corrected chi connectivity index (χ1v) is 3.14. The number of pyridine rings is 1. The van der Waals surface area contributed by atoms with Crippen LogP contribution in [0.2, 0.25) is 0 Å². The van der Waals surface area contributed by atoms with Gasteiger partial charge in [-0.2, -0.15) is 0 Å². The Labute approximate surface area is 61.9 Å². The Bertz CT molecular complexity index is 286. The van der Waals surface area contributed by atoms with E-state index in [1.165, 1.54) is 0 Å². The summed E-state index contributed by atoms with van der Waals surface area (Å²) in [7, 11) is 1.98. The number of rotatable bonds is 0. The van der Waals surface area contributed by atoms with E-state index in [2.05, 4.69) is 10.9 Å². The number of terminal acetylenes is 1. The summed E-state index contributed by atoms with van der Waals surface area (Å²) >= 11 is 0. The number of nitrogens with zero attached hydrogens (tertiary/aromatic N) is 1. The van der Waals surface area contributed by atoms with Crippen molar-refractivity contribution in [2.24, 2.45) is 0 Å². The van der Waals surface area contributed by atoms with Gasteiger partial charge in [0.1, 0.15) is 7.85 Å². The minimum atomic E-state index is 0.889. The third kappa shape index (κ3) is 1.19. The molecule has 0 fully saturated rings. The molecule has 48 valence electrons. The topological polar surface area (TPSA) is 12.9 Å². The molecule has 0 bridgehead atoms. The normalized spacial score (nSPS) is 8.80. The Balaban J connectivity index is 3.25. The smallest absolute Gasteiger partial charge is 0.141 e. The third-order valence-electron chi connectivity index (χ3n) is 1.38. The monoisotopic (exact) mass is 129 g/mol. The van der Waals surface area contributed by atoms with Crippen LogP contribution in [0.4, 0.5) is 0 Å². The second-order valence-corrected chi connectivity index (χ2v) is 2.29. The summed E-state index contributed by atoms with van der Waals surface area (Å²) in [6.07, 6.45) is 7.05. The van der Waals surface area contributed by atoms with Crippen LogP contribution in [-0.2, 0) is 0 Å². The van der Waals surface area contributed by atoms with Crippen LogP contribution in [0, 0.1) is 19.3 Å². The zero-order valence-corrected chi connectivity index (χ0v) is 6.18. The maximum atomic E-state index is 5.23. The number of aromatic nitrogens is 1. The second kappa shape index (κ2) is 2.57. The van der Waals surface area contributed by atoms with Gasteiger partial charge in [-0.05, 0) is 13.0 Å². The largest absolute Gasteiger partial charge is 0.261 e. The van der Waals surface area contributed by atoms with Gasteiger partial charge in [-0.1, -0.05) is 11.4 Å². The molecule has 0 amide bonds. The van der Waals surface area contributed by atoms with E-state index in [4.69, 9.17) is 6.42 Å². The number of hydrogen-bond acceptors (Lipinski definition) is 1. The molecule has 0 atom stereocenters. The molecule has 0 aliphatic rings. The summed E-state index contributed by atoms with van der Waals surface area (Å²) in [5.74, 6) is 2.57. The first-order chi connectivity index (χ1) is 4.74. The summed E-state index contributed by atoms with van der Waals surface area (Å²) in [5, 5.41) is 0. The summed E-state index contributed by atoms with van der Waals surface area (Å²) < 4.78 is 0. The predicted octanol–water partition coefficient (Wildman–Crippen LogP) is -0.370. The fraction of sp³-hybridized carbons (Fsp3) is 0.125. The molecule has 0 N–H and O–H groups in total. The van der Waals surface area contributed by atoms with Crippen molar-refractivity contribution in [3.8, 4) is 12.3 Å². The van der Waals surface area contributed by atoms with Gasteiger partial charge < -0.3 is 0 Å². The van der Waals surface area contributed by atoms with Gasteiger partial charge in [0.2, 0.25) is 0 Å². The third-order valence-corrected chi connectivity index (χ3v) is 1.38. The zero-order chi connectivity index (χ0) is 7.56. The lowest BCUT2D eigenvalue weighted by Gasteiger charge is -1.96. The van der Waals surface area contributed by atoms with Crippen molar-refractivity contribution in [2.45, 2.75) is 6.92 Å². The molecule has 1 aromatic heterocycles. The molecule has 0 radical (unpaired) electrons. The maximum absolute atomic E-state index is 5.23. The molecule has 0 saturated carbocycles. The van der Waals surface area contributed by atoms with Gasteiger partial charge >= 0.3 is 0 Å². The van der Waals surface area contributed by atoms with Gasteiger partial charge in [0.05, 0.1) is 5.69 Å². The van der Waals surface area contributed by atoms with Gasteiger partial charge in [0, 0.05) is 11.8 Å². The van der Waals surface area contributed by atoms with E-state index in [1.54, 1.807) is 0 Å². The quantitative estimate of drug-likeness (QED) is 0.344. The minimum absolute atomic E-state index is 0.889. The number of aryl methyl sites for hydroxylation is 1. The van der Waals surface area contributed by atoms with E-state index in [0.717, 1.165) is 16.7 Å². The summed E-state index contributed by atoms with van der Waals surface area (Å²) in [5.41, 5.74) is 2.92. The molecule has 0 saturated heterocycles. The van der Waals surface area contributed by atoms with Gasteiger partial charge in [-0.15, -0.1) is 6.42 Å². The highest BCUT2D eigenvalue weighted by Crippen LogP contribution is 1.97. The van der Waals surface area contributed by atoms with Crippen molar-refractivity contribution in [2.75, 3.05) is 0 Å². The lowest BCUT2D eigenvalue weighted by molar-refractivity contribution is 1.20. The van der Waals surface area contributed by atoms with E-state index < -0.39 is 0 Å². The lowest BCUT2D eigenvalue weighted by Crippen LogP contribution is -2.05. The highest BCUT2D eigenvalue weighted by molar-refractivity contribution is 6.32. The summed E-state index contributed by atoms with van der Waals surface area (Å²) in [6, 6.07) is 1.96. The van der Waals surface area contributed by atoms with Crippen LogP contribution in [0.5, 0.6) is 0 Å².